The number of carbonyl (C=O) groups excluding carboxylic acids is 1. The van der Waals surface area contributed by atoms with Gasteiger partial charge in [0.1, 0.15) is 11.5 Å². The minimum absolute atomic E-state index is 0.260. The van der Waals surface area contributed by atoms with E-state index in [9.17, 15) is 4.79 Å². The van der Waals surface area contributed by atoms with Gasteiger partial charge in [0.25, 0.3) is 5.91 Å². The number of amides is 1. The molecule has 6 heteroatoms. The fraction of sp³-hybridized carbons (Fsp3) is 0.167. The predicted octanol–water partition coefficient (Wildman–Crippen LogP) is 2.41. The Morgan fingerprint density at radius 3 is 2.78 bits per heavy atom. The van der Waals surface area contributed by atoms with E-state index in [0.29, 0.717) is 22.2 Å². The van der Waals surface area contributed by atoms with Gasteiger partial charge in [0.15, 0.2) is 5.13 Å². The van der Waals surface area contributed by atoms with Crippen molar-refractivity contribution in [3.63, 3.8) is 0 Å². The lowest BCUT2D eigenvalue weighted by Crippen LogP contribution is -2.13. The van der Waals surface area contributed by atoms with Crippen LogP contribution >= 0.6 is 11.3 Å². The third-order valence-corrected chi connectivity index (χ3v) is 2.99. The smallest absolute Gasteiger partial charge is 0.261 e. The van der Waals surface area contributed by atoms with E-state index in [2.05, 4.69) is 10.3 Å². The Labute approximate surface area is 108 Å². The molecule has 1 aromatic carbocycles. The second-order valence-electron chi connectivity index (χ2n) is 3.36. The molecule has 0 atom stereocenters. The van der Waals surface area contributed by atoms with Gasteiger partial charge in [-0.15, -0.1) is 11.3 Å². The van der Waals surface area contributed by atoms with Crippen molar-refractivity contribution < 1.29 is 14.3 Å². The minimum Gasteiger partial charge on any atom is -0.497 e. The van der Waals surface area contributed by atoms with Crippen LogP contribution in [0.5, 0.6) is 11.5 Å². The zero-order chi connectivity index (χ0) is 13.0. The number of benzene rings is 1. The molecule has 0 bridgehead atoms. The number of nitrogens with one attached hydrogen (secondary N) is 1. The molecule has 2 aromatic rings. The van der Waals surface area contributed by atoms with E-state index in [1.54, 1.807) is 36.9 Å². The normalized spacial score (nSPS) is 9.89. The Bertz CT molecular complexity index is 540. The van der Waals surface area contributed by atoms with Gasteiger partial charge in [0.05, 0.1) is 19.8 Å². The van der Waals surface area contributed by atoms with E-state index < -0.39 is 0 Å². The molecule has 1 N–H and O–H groups in total. The quantitative estimate of drug-likeness (QED) is 0.921. The van der Waals surface area contributed by atoms with E-state index in [1.807, 2.05) is 0 Å². The van der Waals surface area contributed by atoms with Gasteiger partial charge in [-0.25, -0.2) is 4.98 Å². The lowest BCUT2D eigenvalue weighted by Gasteiger charge is -2.09. The van der Waals surface area contributed by atoms with Crippen molar-refractivity contribution in [2.75, 3.05) is 19.5 Å². The molecule has 0 radical (unpaired) electrons. The number of nitrogens with zero attached hydrogens (tertiary/aromatic N) is 1. The molecule has 0 aliphatic rings. The average molecular weight is 264 g/mol. The second-order valence-corrected chi connectivity index (χ2v) is 4.25. The number of ether oxygens (including phenoxy) is 2. The van der Waals surface area contributed by atoms with Crippen LogP contribution in [0, 0.1) is 0 Å². The molecule has 0 saturated carbocycles. The fourth-order valence-corrected chi connectivity index (χ4v) is 1.96. The van der Waals surface area contributed by atoms with Crippen LogP contribution in [0.3, 0.4) is 0 Å². The highest BCUT2D eigenvalue weighted by Gasteiger charge is 2.14. The number of anilines is 1. The number of methoxy groups -OCH3 is 2. The number of rotatable bonds is 4. The number of aromatic nitrogens is 1. The topological polar surface area (TPSA) is 60.5 Å². The highest BCUT2D eigenvalue weighted by atomic mass is 32.1. The molecule has 0 fully saturated rings. The summed E-state index contributed by atoms with van der Waals surface area (Å²) < 4.78 is 10.2. The van der Waals surface area contributed by atoms with E-state index >= 15 is 0 Å². The van der Waals surface area contributed by atoms with Crippen molar-refractivity contribution in [3.8, 4) is 11.5 Å². The third kappa shape index (κ3) is 2.60. The summed E-state index contributed by atoms with van der Waals surface area (Å²) in [5, 5.41) is 5.04. The Balaban J connectivity index is 2.24. The summed E-state index contributed by atoms with van der Waals surface area (Å²) in [5.74, 6) is 0.838. The maximum absolute atomic E-state index is 12.0. The van der Waals surface area contributed by atoms with Crippen LogP contribution in [0.2, 0.25) is 0 Å². The maximum atomic E-state index is 12.0. The monoisotopic (exact) mass is 264 g/mol. The van der Waals surface area contributed by atoms with Crippen LogP contribution in [-0.2, 0) is 0 Å². The molecule has 0 saturated heterocycles. The summed E-state index contributed by atoms with van der Waals surface area (Å²) in [6, 6.07) is 5.02. The molecule has 0 aliphatic carbocycles. The van der Waals surface area contributed by atoms with Gasteiger partial charge in [-0.1, -0.05) is 0 Å². The van der Waals surface area contributed by atoms with Crippen molar-refractivity contribution >= 4 is 22.4 Å². The van der Waals surface area contributed by atoms with Crippen LogP contribution in [0.4, 0.5) is 5.13 Å². The van der Waals surface area contributed by atoms with Crippen LogP contribution in [0.25, 0.3) is 0 Å². The minimum atomic E-state index is -0.260. The molecule has 2 rings (SSSR count). The van der Waals surface area contributed by atoms with Crippen molar-refractivity contribution in [1.82, 2.24) is 4.98 Å². The first-order valence-corrected chi connectivity index (χ1v) is 6.05. The maximum Gasteiger partial charge on any atom is 0.261 e. The lowest BCUT2D eigenvalue weighted by atomic mass is 10.2. The van der Waals surface area contributed by atoms with Crippen LogP contribution in [0.15, 0.2) is 29.8 Å². The van der Waals surface area contributed by atoms with Gasteiger partial charge < -0.3 is 9.47 Å². The van der Waals surface area contributed by atoms with Crippen molar-refractivity contribution in [3.05, 3.63) is 35.3 Å². The highest BCUT2D eigenvalue weighted by molar-refractivity contribution is 7.13. The summed E-state index contributed by atoms with van der Waals surface area (Å²) in [6.07, 6.45) is 1.63. The van der Waals surface area contributed by atoms with Gasteiger partial charge in [0, 0.05) is 17.6 Å². The standard InChI is InChI=1S/C12H12N2O3S/c1-16-8-3-4-9(10(7-8)17-2)11(15)14-12-13-5-6-18-12/h3-7H,1-2H3,(H,13,14,15). The summed E-state index contributed by atoms with van der Waals surface area (Å²) in [5.41, 5.74) is 0.438. The first-order chi connectivity index (χ1) is 8.74. The highest BCUT2D eigenvalue weighted by Crippen LogP contribution is 2.25. The Kier molecular flexibility index (Phi) is 3.78. The second kappa shape index (κ2) is 5.50. The van der Waals surface area contributed by atoms with E-state index in [0.717, 1.165) is 0 Å². The molecule has 18 heavy (non-hydrogen) atoms. The molecule has 94 valence electrons. The summed E-state index contributed by atoms with van der Waals surface area (Å²) >= 11 is 1.36. The summed E-state index contributed by atoms with van der Waals surface area (Å²) in [7, 11) is 3.07. The molecular formula is C12H12N2O3S. The third-order valence-electron chi connectivity index (χ3n) is 2.31. The molecule has 5 nitrogen and oxygen atoms in total. The van der Waals surface area contributed by atoms with Gasteiger partial charge in [-0.3, -0.25) is 10.1 Å². The van der Waals surface area contributed by atoms with Crippen LogP contribution < -0.4 is 14.8 Å². The van der Waals surface area contributed by atoms with Gasteiger partial charge in [-0.2, -0.15) is 0 Å². The predicted molar refractivity (Wildman–Crippen MR) is 69.6 cm³/mol. The van der Waals surface area contributed by atoms with E-state index in [1.165, 1.54) is 18.4 Å². The zero-order valence-electron chi connectivity index (χ0n) is 9.97. The molecule has 0 aliphatic heterocycles. The van der Waals surface area contributed by atoms with Crippen LogP contribution in [0.1, 0.15) is 10.4 Å². The molecule has 0 unspecified atom stereocenters. The average Bonchev–Trinajstić information content (AvgIpc) is 2.90. The number of hydrogen-bond donors (Lipinski definition) is 1. The lowest BCUT2D eigenvalue weighted by molar-refractivity contribution is 0.102. The van der Waals surface area contributed by atoms with Crippen molar-refractivity contribution in [2.24, 2.45) is 0 Å². The molecular weight excluding hydrogens is 252 g/mol. The van der Waals surface area contributed by atoms with Crippen LogP contribution in [-0.4, -0.2) is 25.1 Å². The summed E-state index contributed by atoms with van der Waals surface area (Å²) in [4.78, 5) is 16.0. The zero-order valence-corrected chi connectivity index (χ0v) is 10.8. The van der Waals surface area contributed by atoms with Gasteiger partial charge in [-0.05, 0) is 12.1 Å². The number of carbonyl (C=O) groups is 1. The SMILES string of the molecule is COc1ccc(C(=O)Nc2nccs2)c(OC)c1. The number of hydrogen-bond acceptors (Lipinski definition) is 5. The fourth-order valence-electron chi connectivity index (χ4n) is 1.44. The van der Waals surface area contributed by atoms with E-state index in [-0.39, 0.29) is 5.91 Å². The summed E-state index contributed by atoms with van der Waals surface area (Å²) in [6.45, 7) is 0. The molecule has 1 aromatic heterocycles. The number of thiazole rings is 1. The molecule has 0 spiro atoms. The first-order valence-electron chi connectivity index (χ1n) is 5.17. The van der Waals surface area contributed by atoms with Gasteiger partial charge in [0.2, 0.25) is 0 Å². The largest absolute Gasteiger partial charge is 0.497 e. The van der Waals surface area contributed by atoms with Gasteiger partial charge >= 0.3 is 0 Å². The van der Waals surface area contributed by atoms with E-state index in [4.69, 9.17) is 9.47 Å². The molecule has 1 amide bonds. The van der Waals surface area contributed by atoms with Crippen molar-refractivity contribution in [2.45, 2.75) is 0 Å². The Hall–Kier alpha value is -2.08. The Morgan fingerprint density at radius 2 is 2.17 bits per heavy atom. The van der Waals surface area contributed by atoms with Crippen molar-refractivity contribution in [1.29, 1.82) is 0 Å². The molecule has 1 heterocycles. The first kappa shape index (κ1) is 12.4. The Morgan fingerprint density at radius 1 is 1.33 bits per heavy atom.